The summed E-state index contributed by atoms with van der Waals surface area (Å²) in [5.74, 6) is 0.359. The Balaban J connectivity index is 2.51. The van der Waals surface area contributed by atoms with Gasteiger partial charge in [0.2, 0.25) is 0 Å². The van der Waals surface area contributed by atoms with E-state index < -0.39 is 0 Å². The minimum atomic E-state index is 0.108. The maximum atomic E-state index is 7.35. The molecular formula is C12H18BrN3. The number of nitrogens with zero attached hydrogens (tertiary/aromatic N) is 1. The van der Waals surface area contributed by atoms with Crippen LogP contribution in [0.1, 0.15) is 12.5 Å². The van der Waals surface area contributed by atoms with Gasteiger partial charge in [-0.3, -0.25) is 5.41 Å². The zero-order valence-electron chi connectivity index (χ0n) is 9.70. The Bertz CT molecular complexity index is 365. The van der Waals surface area contributed by atoms with Crippen molar-refractivity contribution in [2.75, 3.05) is 13.6 Å². The molecule has 0 radical (unpaired) electrons. The minimum absolute atomic E-state index is 0.108. The lowest BCUT2D eigenvalue weighted by atomic mass is 10.1. The minimum Gasteiger partial charge on any atom is -0.387 e. The number of amidine groups is 1. The van der Waals surface area contributed by atoms with Crippen LogP contribution < -0.4 is 5.73 Å². The monoisotopic (exact) mass is 283 g/mol. The maximum absolute atomic E-state index is 7.35. The standard InChI is InChI=1S/C12H18BrN3/c1-9(12(14)15)7-16(2)8-10-4-3-5-11(13)6-10/h3-6,9H,7-8H2,1-2H3,(H3,14,15). The van der Waals surface area contributed by atoms with Crippen molar-refractivity contribution in [1.82, 2.24) is 4.90 Å². The molecule has 1 atom stereocenters. The summed E-state index contributed by atoms with van der Waals surface area (Å²) in [6.07, 6.45) is 0. The molecule has 0 bridgehead atoms. The van der Waals surface area contributed by atoms with E-state index in [1.165, 1.54) is 5.56 Å². The molecule has 0 aliphatic heterocycles. The van der Waals surface area contributed by atoms with Gasteiger partial charge in [-0.25, -0.2) is 0 Å². The molecule has 88 valence electrons. The number of nitrogens with two attached hydrogens (primary N) is 1. The molecule has 4 heteroatoms. The lowest BCUT2D eigenvalue weighted by molar-refractivity contribution is 0.306. The van der Waals surface area contributed by atoms with Crippen LogP contribution in [0.3, 0.4) is 0 Å². The molecule has 0 aromatic heterocycles. The molecule has 1 aromatic rings. The van der Waals surface area contributed by atoms with Gasteiger partial charge in [0, 0.05) is 23.5 Å². The molecule has 0 aliphatic rings. The average Bonchev–Trinajstić information content (AvgIpc) is 2.16. The van der Waals surface area contributed by atoms with Gasteiger partial charge in [-0.05, 0) is 24.7 Å². The van der Waals surface area contributed by atoms with E-state index in [1.54, 1.807) is 0 Å². The summed E-state index contributed by atoms with van der Waals surface area (Å²) >= 11 is 3.45. The van der Waals surface area contributed by atoms with E-state index in [1.807, 2.05) is 26.1 Å². The highest BCUT2D eigenvalue weighted by Crippen LogP contribution is 2.13. The van der Waals surface area contributed by atoms with Crippen LogP contribution in [0.15, 0.2) is 28.7 Å². The van der Waals surface area contributed by atoms with Gasteiger partial charge in [0.1, 0.15) is 0 Å². The van der Waals surface area contributed by atoms with Crippen LogP contribution in [0.5, 0.6) is 0 Å². The second-order valence-corrected chi connectivity index (χ2v) is 5.10. The fourth-order valence-electron chi connectivity index (χ4n) is 1.58. The van der Waals surface area contributed by atoms with Crippen molar-refractivity contribution in [2.45, 2.75) is 13.5 Å². The number of hydrogen-bond acceptors (Lipinski definition) is 2. The number of hydrogen-bond donors (Lipinski definition) is 2. The molecule has 0 saturated heterocycles. The van der Waals surface area contributed by atoms with Gasteiger partial charge >= 0.3 is 0 Å². The van der Waals surface area contributed by atoms with Crippen molar-refractivity contribution in [3.8, 4) is 0 Å². The predicted molar refractivity (Wildman–Crippen MR) is 71.6 cm³/mol. The number of rotatable bonds is 5. The first-order valence-electron chi connectivity index (χ1n) is 5.26. The van der Waals surface area contributed by atoms with Crippen molar-refractivity contribution in [3.63, 3.8) is 0 Å². The molecular weight excluding hydrogens is 266 g/mol. The summed E-state index contributed by atoms with van der Waals surface area (Å²) in [6, 6.07) is 8.25. The summed E-state index contributed by atoms with van der Waals surface area (Å²) in [7, 11) is 2.04. The molecule has 0 amide bonds. The highest BCUT2D eigenvalue weighted by molar-refractivity contribution is 9.10. The van der Waals surface area contributed by atoms with Crippen molar-refractivity contribution >= 4 is 21.8 Å². The number of nitrogens with one attached hydrogen (secondary N) is 1. The van der Waals surface area contributed by atoms with Crippen molar-refractivity contribution in [1.29, 1.82) is 5.41 Å². The van der Waals surface area contributed by atoms with E-state index in [2.05, 4.69) is 33.0 Å². The zero-order chi connectivity index (χ0) is 12.1. The normalized spacial score (nSPS) is 12.8. The Hall–Kier alpha value is -0.870. The van der Waals surface area contributed by atoms with E-state index >= 15 is 0 Å². The fraction of sp³-hybridized carbons (Fsp3) is 0.417. The Labute approximate surface area is 105 Å². The first kappa shape index (κ1) is 13.2. The topological polar surface area (TPSA) is 53.1 Å². The molecule has 0 heterocycles. The molecule has 1 rings (SSSR count). The average molecular weight is 284 g/mol. The highest BCUT2D eigenvalue weighted by Gasteiger charge is 2.09. The van der Waals surface area contributed by atoms with Crippen molar-refractivity contribution in [3.05, 3.63) is 34.3 Å². The third kappa shape index (κ3) is 4.33. The molecule has 3 nitrogen and oxygen atoms in total. The van der Waals surface area contributed by atoms with Gasteiger partial charge in [-0.2, -0.15) is 0 Å². The van der Waals surface area contributed by atoms with Gasteiger partial charge < -0.3 is 10.6 Å². The van der Waals surface area contributed by atoms with E-state index in [0.29, 0.717) is 0 Å². The summed E-state index contributed by atoms with van der Waals surface area (Å²) in [6.45, 7) is 3.65. The van der Waals surface area contributed by atoms with E-state index in [4.69, 9.17) is 11.1 Å². The van der Waals surface area contributed by atoms with Crippen LogP contribution in [0, 0.1) is 11.3 Å². The zero-order valence-corrected chi connectivity index (χ0v) is 11.3. The third-order valence-corrected chi connectivity index (χ3v) is 2.95. The second-order valence-electron chi connectivity index (χ2n) is 4.18. The van der Waals surface area contributed by atoms with Gasteiger partial charge in [-0.15, -0.1) is 0 Å². The third-order valence-electron chi connectivity index (χ3n) is 2.46. The van der Waals surface area contributed by atoms with Gasteiger partial charge in [-0.1, -0.05) is 35.0 Å². The number of benzene rings is 1. The van der Waals surface area contributed by atoms with Gasteiger partial charge in [0.05, 0.1) is 5.84 Å². The van der Waals surface area contributed by atoms with Crippen molar-refractivity contribution in [2.24, 2.45) is 11.7 Å². The first-order chi connectivity index (χ1) is 7.49. The van der Waals surface area contributed by atoms with Crippen LogP contribution in [0.4, 0.5) is 0 Å². The van der Waals surface area contributed by atoms with Crippen LogP contribution in [0.2, 0.25) is 0 Å². The lowest BCUT2D eigenvalue weighted by Gasteiger charge is -2.20. The SMILES string of the molecule is CC(CN(C)Cc1cccc(Br)c1)C(=N)N. The molecule has 3 N–H and O–H groups in total. The smallest absolute Gasteiger partial charge is 0.0947 e. The number of halogens is 1. The summed E-state index contributed by atoms with van der Waals surface area (Å²) in [4.78, 5) is 2.17. The quantitative estimate of drug-likeness (QED) is 0.644. The Morgan fingerprint density at radius 3 is 2.81 bits per heavy atom. The molecule has 16 heavy (non-hydrogen) atoms. The van der Waals surface area contributed by atoms with Gasteiger partial charge in [0.25, 0.3) is 0 Å². The largest absolute Gasteiger partial charge is 0.387 e. The predicted octanol–water partition coefficient (Wildman–Crippen LogP) is 2.45. The summed E-state index contributed by atoms with van der Waals surface area (Å²) in [5.41, 5.74) is 6.71. The first-order valence-corrected chi connectivity index (χ1v) is 6.05. The molecule has 0 saturated carbocycles. The van der Waals surface area contributed by atoms with Gasteiger partial charge in [0.15, 0.2) is 0 Å². The molecule has 0 aliphatic carbocycles. The lowest BCUT2D eigenvalue weighted by Crippen LogP contribution is -2.31. The van der Waals surface area contributed by atoms with E-state index in [9.17, 15) is 0 Å². The highest BCUT2D eigenvalue weighted by atomic mass is 79.9. The van der Waals surface area contributed by atoms with Crippen LogP contribution >= 0.6 is 15.9 Å². The Kier molecular flexibility index (Phi) is 4.96. The molecule has 1 aromatic carbocycles. The molecule has 0 spiro atoms. The maximum Gasteiger partial charge on any atom is 0.0947 e. The second kappa shape index (κ2) is 6.01. The van der Waals surface area contributed by atoms with Crippen LogP contribution in [-0.2, 0) is 6.54 Å². The van der Waals surface area contributed by atoms with Crippen LogP contribution in [0.25, 0.3) is 0 Å². The molecule has 0 fully saturated rings. The van der Waals surface area contributed by atoms with Crippen molar-refractivity contribution < 1.29 is 0 Å². The summed E-state index contributed by atoms with van der Waals surface area (Å²) in [5, 5.41) is 7.35. The Morgan fingerprint density at radius 2 is 2.25 bits per heavy atom. The fourth-order valence-corrected chi connectivity index (χ4v) is 2.02. The van der Waals surface area contributed by atoms with Crippen LogP contribution in [-0.4, -0.2) is 24.3 Å². The van der Waals surface area contributed by atoms with E-state index in [-0.39, 0.29) is 11.8 Å². The van der Waals surface area contributed by atoms with E-state index in [0.717, 1.165) is 17.6 Å². The molecule has 1 unspecified atom stereocenters. The Morgan fingerprint density at radius 1 is 1.56 bits per heavy atom. The summed E-state index contributed by atoms with van der Waals surface area (Å²) < 4.78 is 1.10.